The van der Waals surface area contributed by atoms with Crippen LogP contribution in [0.2, 0.25) is 0 Å². The molecular formula is C14H16F2N2. The van der Waals surface area contributed by atoms with E-state index in [1.54, 1.807) is 31.2 Å². The summed E-state index contributed by atoms with van der Waals surface area (Å²) in [4.78, 5) is 0. The number of benzene rings is 1. The maximum absolute atomic E-state index is 13.1. The Kier molecular flexibility index (Phi) is 5.31. The Bertz CT molecular complexity index is 471. The van der Waals surface area contributed by atoms with Gasteiger partial charge in [0.2, 0.25) is 0 Å². The molecule has 2 nitrogen and oxygen atoms in total. The van der Waals surface area contributed by atoms with Gasteiger partial charge in [-0.25, -0.2) is 0 Å². The van der Waals surface area contributed by atoms with Crippen LogP contribution in [0.15, 0.2) is 30.3 Å². The van der Waals surface area contributed by atoms with Crippen molar-refractivity contribution in [1.29, 1.82) is 5.26 Å². The molecule has 0 saturated heterocycles. The van der Waals surface area contributed by atoms with Crippen LogP contribution < -0.4 is 5.32 Å². The molecule has 0 bridgehead atoms. The lowest BCUT2D eigenvalue weighted by atomic mass is 9.92. The highest BCUT2D eigenvalue weighted by molar-refractivity contribution is 5.77. The second-order valence-electron chi connectivity index (χ2n) is 4.04. The average Bonchev–Trinajstić information content (AvgIpc) is 2.37. The molecule has 0 aliphatic heterocycles. The molecule has 0 aliphatic carbocycles. The smallest absolute Gasteiger partial charge is 0.274 e. The number of allylic oxidation sites excluding steroid dienone is 1. The molecule has 0 saturated carbocycles. The molecule has 1 aromatic rings. The first-order chi connectivity index (χ1) is 8.61. The predicted octanol–water partition coefficient (Wildman–Crippen LogP) is 4.28. The molecule has 0 fully saturated rings. The first kappa shape index (κ1) is 14.2. The van der Waals surface area contributed by atoms with Gasteiger partial charge in [0.05, 0.1) is 6.07 Å². The Morgan fingerprint density at radius 2 is 2.06 bits per heavy atom. The fourth-order valence-corrected chi connectivity index (χ4v) is 1.76. The summed E-state index contributed by atoms with van der Waals surface area (Å²) in [6.45, 7) is 3.74. The second-order valence-corrected chi connectivity index (χ2v) is 4.04. The monoisotopic (exact) mass is 250 g/mol. The number of nitrogens with zero attached hydrogens (tertiary/aromatic N) is 1. The molecule has 1 rings (SSSR count). The summed E-state index contributed by atoms with van der Waals surface area (Å²) in [5, 5.41) is 11.4. The van der Waals surface area contributed by atoms with E-state index in [1.807, 2.05) is 13.0 Å². The predicted molar refractivity (Wildman–Crippen MR) is 69.1 cm³/mol. The fourth-order valence-electron chi connectivity index (χ4n) is 1.76. The summed E-state index contributed by atoms with van der Waals surface area (Å²) in [6, 6.07) is 8.78. The molecule has 1 atom stereocenters. The second kappa shape index (κ2) is 6.75. The zero-order valence-corrected chi connectivity index (χ0v) is 10.5. The first-order valence-electron chi connectivity index (χ1n) is 5.87. The lowest BCUT2D eigenvalue weighted by Crippen LogP contribution is -2.05. The quantitative estimate of drug-likeness (QED) is 0.792. The standard InChI is InChI=1S/C14H16F2N2/c1-3-10(2)13(14(15)16)11-6-4-5-7-12(11)18-9-8-17/h4-7,10,18H,3,9H2,1-2H3. The van der Waals surface area contributed by atoms with Gasteiger partial charge >= 0.3 is 0 Å². The highest BCUT2D eigenvalue weighted by atomic mass is 19.3. The van der Waals surface area contributed by atoms with Gasteiger partial charge in [-0.1, -0.05) is 32.0 Å². The van der Waals surface area contributed by atoms with Gasteiger partial charge in [-0.05, 0) is 18.4 Å². The number of para-hydroxylation sites is 1. The van der Waals surface area contributed by atoms with Crippen LogP contribution in [0.25, 0.3) is 5.57 Å². The lowest BCUT2D eigenvalue weighted by molar-refractivity contribution is 0.417. The summed E-state index contributed by atoms with van der Waals surface area (Å²) >= 11 is 0. The summed E-state index contributed by atoms with van der Waals surface area (Å²) < 4.78 is 26.2. The third kappa shape index (κ3) is 3.30. The van der Waals surface area contributed by atoms with Gasteiger partial charge in [-0.15, -0.1) is 0 Å². The van der Waals surface area contributed by atoms with E-state index in [0.717, 1.165) is 0 Å². The molecule has 0 amide bonds. The highest BCUT2D eigenvalue weighted by Gasteiger charge is 2.18. The normalized spacial score (nSPS) is 11.5. The van der Waals surface area contributed by atoms with Crippen molar-refractivity contribution in [3.63, 3.8) is 0 Å². The van der Waals surface area contributed by atoms with E-state index in [9.17, 15) is 8.78 Å². The highest BCUT2D eigenvalue weighted by Crippen LogP contribution is 2.34. The third-order valence-corrected chi connectivity index (χ3v) is 2.88. The minimum Gasteiger partial charge on any atom is -0.372 e. The zero-order chi connectivity index (χ0) is 13.5. The Hall–Kier alpha value is -1.89. The Morgan fingerprint density at radius 1 is 1.39 bits per heavy atom. The molecule has 0 aromatic heterocycles. The van der Waals surface area contributed by atoms with Crippen LogP contribution >= 0.6 is 0 Å². The van der Waals surface area contributed by atoms with E-state index in [4.69, 9.17) is 5.26 Å². The van der Waals surface area contributed by atoms with E-state index in [2.05, 4.69) is 5.32 Å². The minimum absolute atomic E-state index is 0.0542. The number of rotatable bonds is 5. The topological polar surface area (TPSA) is 35.8 Å². The van der Waals surface area contributed by atoms with Crippen LogP contribution in [-0.4, -0.2) is 6.54 Å². The van der Waals surface area contributed by atoms with Crippen LogP contribution in [0.4, 0.5) is 14.5 Å². The van der Waals surface area contributed by atoms with E-state index in [-0.39, 0.29) is 18.0 Å². The van der Waals surface area contributed by atoms with Gasteiger partial charge in [0, 0.05) is 16.8 Å². The molecule has 96 valence electrons. The molecule has 1 unspecified atom stereocenters. The molecule has 0 spiro atoms. The SMILES string of the molecule is CCC(C)C(=C(F)F)c1ccccc1NCC#N. The number of nitrogens with one attached hydrogen (secondary N) is 1. The maximum atomic E-state index is 13.1. The zero-order valence-electron chi connectivity index (χ0n) is 10.5. The van der Waals surface area contributed by atoms with Gasteiger partial charge in [-0.3, -0.25) is 0 Å². The number of hydrogen-bond donors (Lipinski definition) is 1. The van der Waals surface area contributed by atoms with Crippen molar-refractivity contribution in [3.05, 3.63) is 35.9 Å². The largest absolute Gasteiger partial charge is 0.372 e. The van der Waals surface area contributed by atoms with Crippen molar-refractivity contribution in [2.24, 2.45) is 5.92 Å². The van der Waals surface area contributed by atoms with Crippen LogP contribution in [0.3, 0.4) is 0 Å². The van der Waals surface area contributed by atoms with Crippen LogP contribution in [0.1, 0.15) is 25.8 Å². The Balaban J connectivity index is 3.22. The Morgan fingerprint density at radius 3 is 2.61 bits per heavy atom. The van der Waals surface area contributed by atoms with Gasteiger partial charge < -0.3 is 5.32 Å². The van der Waals surface area contributed by atoms with Crippen molar-refractivity contribution in [1.82, 2.24) is 0 Å². The molecule has 1 aromatic carbocycles. The van der Waals surface area contributed by atoms with Gasteiger partial charge in [0.1, 0.15) is 6.54 Å². The summed E-state index contributed by atoms with van der Waals surface area (Å²) in [6.07, 6.45) is -1.02. The van der Waals surface area contributed by atoms with Crippen molar-refractivity contribution in [2.45, 2.75) is 20.3 Å². The van der Waals surface area contributed by atoms with E-state index in [1.165, 1.54) is 0 Å². The van der Waals surface area contributed by atoms with Crippen molar-refractivity contribution in [2.75, 3.05) is 11.9 Å². The van der Waals surface area contributed by atoms with Crippen LogP contribution in [0.5, 0.6) is 0 Å². The molecule has 1 N–H and O–H groups in total. The van der Waals surface area contributed by atoms with Gasteiger partial charge in [-0.2, -0.15) is 14.0 Å². The third-order valence-electron chi connectivity index (χ3n) is 2.88. The number of hydrogen-bond acceptors (Lipinski definition) is 2. The summed E-state index contributed by atoms with van der Waals surface area (Å²) in [5.41, 5.74) is 1.10. The van der Waals surface area contributed by atoms with Crippen LogP contribution in [-0.2, 0) is 0 Å². The maximum Gasteiger partial charge on any atom is 0.274 e. The molecule has 0 aliphatic rings. The minimum atomic E-state index is -1.66. The van der Waals surface area contributed by atoms with Gasteiger partial charge in [0.25, 0.3) is 6.08 Å². The van der Waals surface area contributed by atoms with Gasteiger partial charge in [0.15, 0.2) is 0 Å². The summed E-state index contributed by atoms with van der Waals surface area (Å²) in [5.74, 6) is -0.222. The number of nitriles is 1. The average molecular weight is 250 g/mol. The van der Waals surface area contributed by atoms with E-state index >= 15 is 0 Å². The van der Waals surface area contributed by atoms with Crippen molar-refractivity contribution in [3.8, 4) is 6.07 Å². The Labute approximate surface area is 106 Å². The molecular weight excluding hydrogens is 234 g/mol. The number of halogens is 2. The molecule has 0 radical (unpaired) electrons. The van der Waals surface area contributed by atoms with E-state index in [0.29, 0.717) is 17.7 Å². The molecule has 18 heavy (non-hydrogen) atoms. The van der Waals surface area contributed by atoms with Crippen molar-refractivity contribution < 1.29 is 8.78 Å². The fraction of sp³-hybridized carbons (Fsp3) is 0.357. The first-order valence-corrected chi connectivity index (χ1v) is 5.87. The molecule has 0 heterocycles. The van der Waals surface area contributed by atoms with Crippen molar-refractivity contribution >= 4 is 11.3 Å². The number of anilines is 1. The van der Waals surface area contributed by atoms with Crippen LogP contribution in [0, 0.1) is 17.2 Å². The van der Waals surface area contributed by atoms with E-state index < -0.39 is 6.08 Å². The lowest BCUT2D eigenvalue weighted by Gasteiger charge is -2.17. The molecule has 4 heteroatoms. The summed E-state index contributed by atoms with van der Waals surface area (Å²) in [7, 11) is 0.